The Bertz CT molecular complexity index is 585. The van der Waals surface area contributed by atoms with Gasteiger partial charge in [0.2, 0.25) is 0 Å². The molecule has 1 aromatic carbocycles. The molecule has 1 N–H and O–H groups in total. The first-order valence-corrected chi connectivity index (χ1v) is 6.18. The smallest absolute Gasteiger partial charge is 0.277 e. The van der Waals surface area contributed by atoms with Crippen molar-refractivity contribution in [2.45, 2.75) is 18.8 Å². The van der Waals surface area contributed by atoms with E-state index in [0.717, 1.165) is 24.4 Å². The normalized spacial score (nSPS) is 14.2. The van der Waals surface area contributed by atoms with Crippen LogP contribution in [0.2, 0.25) is 0 Å². The number of hydrogen-bond acceptors (Lipinski definition) is 4. The number of hydrogen-bond donors (Lipinski definition) is 1. The van der Waals surface area contributed by atoms with Crippen molar-refractivity contribution >= 4 is 11.6 Å². The molecule has 19 heavy (non-hydrogen) atoms. The lowest BCUT2D eigenvalue weighted by atomic mass is 10.2. The summed E-state index contributed by atoms with van der Waals surface area (Å²) in [5, 5.41) is 6.56. The van der Waals surface area contributed by atoms with Crippen LogP contribution in [0.3, 0.4) is 0 Å². The van der Waals surface area contributed by atoms with E-state index >= 15 is 0 Å². The van der Waals surface area contributed by atoms with Crippen molar-refractivity contribution in [1.29, 1.82) is 0 Å². The van der Waals surface area contributed by atoms with E-state index in [9.17, 15) is 4.79 Å². The van der Waals surface area contributed by atoms with Crippen LogP contribution in [-0.2, 0) is 0 Å². The lowest BCUT2D eigenvalue weighted by Gasteiger charge is -2.04. The molecule has 2 aromatic rings. The third kappa shape index (κ3) is 2.59. The molecule has 1 aliphatic rings. The molecular formula is C14H14N2O3. The third-order valence-electron chi connectivity index (χ3n) is 3.09. The molecular weight excluding hydrogens is 244 g/mol. The van der Waals surface area contributed by atoms with Gasteiger partial charge in [-0.15, -0.1) is 0 Å². The van der Waals surface area contributed by atoms with E-state index in [1.54, 1.807) is 37.4 Å². The Morgan fingerprint density at radius 1 is 1.37 bits per heavy atom. The van der Waals surface area contributed by atoms with Crippen molar-refractivity contribution in [2.75, 3.05) is 12.4 Å². The number of nitrogens with zero attached hydrogens (tertiary/aromatic N) is 1. The van der Waals surface area contributed by atoms with Crippen molar-refractivity contribution in [1.82, 2.24) is 5.16 Å². The minimum atomic E-state index is -0.263. The maximum absolute atomic E-state index is 12.0. The zero-order chi connectivity index (χ0) is 13.2. The minimum Gasteiger partial charge on any atom is -0.497 e. The molecule has 1 heterocycles. The van der Waals surface area contributed by atoms with E-state index in [2.05, 4.69) is 10.5 Å². The lowest BCUT2D eigenvalue weighted by Crippen LogP contribution is -2.12. The van der Waals surface area contributed by atoms with E-state index in [1.807, 2.05) is 0 Å². The summed E-state index contributed by atoms with van der Waals surface area (Å²) in [5.41, 5.74) is 1.01. The monoisotopic (exact) mass is 258 g/mol. The summed E-state index contributed by atoms with van der Waals surface area (Å²) in [6.07, 6.45) is 2.24. The van der Waals surface area contributed by atoms with Gasteiger partial charge in [0.1, 0.15) is 11.5 Å². The predicted molar refractivity (Wildman–Crippen MR) is 69.4 cm³/mol. The molecule has 0 atom stereocenters. The van der Waals surface area contributed by atoms with Gasteiger partial charge in [0.05, 0.1) is 7.11 Å². The van der Waals surface area contributed by atoms with Gasteiger partial charge in [-0.05, 0) is 37.1 Å². The lowest BCUT2D eigenvalue weighted by molar-refractivity contribution is 0.101. The third-order valence-corrected chi connectivity index (χ3v) is 3.09. The Hall–Kier alpha value is -2.30. The van der Waals surface area contributed by atoms with Crippen LogP contribution in [0, 0.1) is 0 Å². The van der Waals surface area contributed by atoms with Crippen LogP contribution < -0.4 is 10.1 Å². The number of amides is 1. The molecule has 1 aromatic heterocycles. The Morgan fingerprint density at radius 3 is 2.74 bits per heavy atom. The first kappa shape index (κ1) is 11.8. The summed E-state index contributed by atoms with van der Waals surface area (Å²) in [6, 6.07) is 8.84. The number of benzene rings is 1. The zero-order valence-electron chi connectivity index (χ0n) is 10.6. The molecule has 0 saturated heterocycles. The summed E-state index contributed by atoms with van der Waals surface area (Å²) in [6.45, 7) is 0. The number of anilines is 1. The van der Waals surface area contributed by atoms with Crippen molar-refractivity contribution in [3.05, 3.63) is 41.8 Å². The summed E-state index contributed by atoms with van der Waals surface area (Å²) >= 11 is 0. The van der Waals surface area contributed by atoms with E-state index in [-0.39, 0.29) is 5.91 Å². The fourth-order valence-corrected chi connectivity index (χ4v) is 1.83. The summed E-state index contributed by atoms with van der Waals surface area (Å²) in [7, 11) is 1.60. The molecule has 3 rings (SSSR count). The van der Waals surface area contributed by atoms with E-state index in [0.29, 0.717) is 17.3 Å². The second-order valence-corrected chi connectivity index (χ2v) is 4.57. The second kappa shape index (κ2) is 4.76. The fourth-order valence-electron chi connectivity index (χ4n) is 1.83. The zero-order valence-corrected chi connectivity index (χ0v) is 10.6. The second-order valence-electron chi connectivity index (χ2n) is 4.57. The first-order valence-electron chi connectivity index (χ1n) is 6.18. The van der Waals surface area contributed by atoms with Crippen molar-refractivity contribution in [3.8, 4) is 5.75 Å². The predicted octanol–water partition coefficient (Wildman–Crippen LogP) is 2.81. The topological polar surface area (TPSA) is 64.4 Å². The van der Waals surface area contributed by atoms with Crippen LogP contribution in [0.15, 0.2) is 34.9 Å². The highest BCUT2D eigenvalue weighted by Gasteiger charge is 2.28. The molecule has 0 spiro atoms. The quantitative estimate of drug-likeness (QED) is 0.915. The van der Waals surface area contributed by atoms with Gasteiger partial charge in [0, 0.05) is 17.7 Å². The highest BCUT2D eigenvalue weighted by molar-refractivity contribution is 6.02. The highest BCUT2D eigenvalue weighted by Crippen LogP contribution is 2.40. The molecule has 0 radical (unpaired) electrons. The van der Waals surface area contributed by atoms with Gasteiger partial charge in [0.15, 0.2) is 5.69 Å². The molecule has 1 aliphatic carbocycles. The average molecular weight is 258 g/mol. The largest absolute Gasteiger partial charge is 0.497 e. The SMILES string of the molecule is COc1ccc(NC(=O)c2cc(C3CC3)on2)cc1. The highest BCUT2D eigenvalue weighted by atomic mass is 16.5. The minimum absolute atomic E-state index is 0.263. The van der Waals surface area contributed by atoms with E-state index in [1.165, 1.54) is 0 Å². The first-order chi connectivity index (χ1) is 9.26. The number of methoxy groups -OCH3 is 1. The number of ether oxygens (including phenoxy) is 1. The van der Waals surface area contributed by atoms with Crippen molar-refractivity contribution in [2.24, 2.45) is 0 Å². The van der Waals surface area contributed by atoms with Gasteiger partial charge < -0.3 is 14.6 Å². The molecule has 1 saturated carbocycles. The van der Waals surface area contributed by atoms with Crippen LogP contribution in [0.5, 0.6) is 5.75 Å². The Kier molecular flexibility index (Phi) is 2.95. The summed E-state index contributed by atoms with van der Waals surface area (Å²) in [4.78, 5) is 12.0. The molecule has 5 heteroatoms. The van der Waals surface area contributed by atoms with Crippen molar-refractivity contribution in [3.63, 3.8) is 0 Å². The number of carbonyl (C=O) groups is 1. The number of rotatable bonds is 4. The van der Waals surface area contributed by atoms with Crippen LogP contribution in [0.25, 0.3) is 0 Å². The van der Waals surface area contributed by atoms with Crippen LogP contribution in [-0.4, -0.2) is 18.2 Å². The summed E-state index contributed by atoms with van der Waals surface area (Å²) < 4.78 is 10.2. The van der Waals surface area contributed by atoms with Crippen LogP contribution in [0.1, 0.15) is 35.0 Å². The average Bonchev–Trinajstić information content (AvgIpc) is 3.17. The molecule has 5 nitrogen and oxygen atoms in total. The summed E-state index contributed by atoms with van der Waals surface area (Å²) in [5.74, 6) is 1.74. The van der Waals surface area contributed by atoms with Gasteiger partial charge in [0.25, 0.3) is 5.91 Å². The Labute approximate surface area is 110 Å². The van der Waals surface area contributed by atoms with E-state index in [4.69, 9.17) is 9.26 Å². The number of carbonyl (C=O) groups excluding carboxylic acids is 1. The number of aromatic nitrogens is 1. The molecule has 1 fully saturated rings. The Morgan fingerprint density at radius 2 is 2.11 bits per heavy atom. The standard InChI is InChI=1S/C14H14N2O3/c1-18-11-6-4-10(5-7-11)15-14(17)12-8-13(19-16-12)9-2-3-9/h4-9H,2-3H2,1H3,(H,15,17). The Balaban J connectivity index is 1.68. The molecule has 1 amide bonds. The maximum atomic E-state index is 12.0. The van der Waals surface area contributed by atoms with Crippen LogP contribution >= 0.6 is 0 Å². The van der Waals surface area contributed by atoms with Crippen molar-refractivity contribution < 1.29 is 14.1 Å². The molecule has 0 unspecified atom stereocenters. The van der Waals surface area contributed by atoms with Gasteiger partial charge in [-0.2, -0.15) is 0 Å². The maximum Gasteiger partial charge on any atom is 0.277 e. The fraction of sp³-hybridized carbons (Fsp3) is 0.286. The van der Waals surface area contributed by atoms with Gasteiger partial charge in [-0.25, -0.2) is 0 Å². The van der Waals surface area contributed by atoms with E-state index < -0.39 is 0 Å². The number of nitrogens with one attached hydrogen (secondary N) is 1. The van der Waals surface area contributed by atoms with Gasteiger partial charge in [-0.1, -0.05) is 5.16 Å². The molecule has 0 bridgehead atoms. The van der Waals surface area contributed by atoms with Gasteiger partial charge in [-0.3, -0.25) is 4.79 Å². The molecule has 0 aliphatic heterocycles. The molecule has 98 valence electrons. The van der Waals surface area contributed by atoms with Gasteiger partial charge >= 0.3 is 0 Å². The van der Waals surface area contributed by atoms with Crippen LogP contribution in [0.4, 0.5) is 5.69 Å².